The molecule has 2 aromatic carbocycles. The summed E-state index contributed by atoms with van der Waals surface area (Å²) in [6.07, 6.45) is -4.85. The first kappa shape index (κ1) is 21.4. The summed E-state index contributed by atoms with van der Waals surface area (Å²) in [5, 5.41) is 3.86. The minimum Gasteiger partial charge on any atom is -0.422 e. The van der Waals surface area contributed by atoms with Gasteiger partial charge in [0.15, 0.2) is 5.71 Å². The van der Waals surface area contributed by atoms with Gasteiger partial charge in [-0.3, -0.25) is 5.43 Å². The van der Waals surface area contributed by atoms with Gasteiger partial charge in [0, 0.05) is 30.2 Å². The highest BCUT2D eigenvalue weighted by atomic mass is 19.4. The maximum Gasteiger partial charge on any atom is 0.435 e. The first-order valence-corrected chi connectivity index (χ1v) is 9.53. The number of rotatable bonds is 6. The normalized spacial score (nSPS) is 12.3. The number of anilines is 2. The molecule has 0 aliphatic carbocycles. The van der Waals surface area contributed by atoms with Crippen LogP contribution in [0.3, 0.4) is 0 Å². The molecule has 0 aliphatic heterocycles. The Balaban J connectivity index is 2.05. The molecule has 8 heteroatoms. The van der Waals surface area contributed by atoms with E-state index in [9.17, 15) is 18.0 Å². The van der Waals surface area contributed by atoms with Gasteiger partial charge in [0.05, 0.1) is 11.3 Å². The van der Waals surface area contributed by atoms with Gasteiger partial charge in [-0.25, -0.2) is 4.79 Å². The van der Waals surface area contributed by atoms with Crippen molar-refractivity contribution in [2.24, 2.45) is 5.10 Å². The molecule has 0 spiro atoms. The van der Waals surface area contributed by atoms with Crippen LogP contribution >= 0.6 is 0 Å². The molecule has 1 heterocycles. The summed E-state index contributed by atoms with van der Waals surface area (Å²) in [5.74, 6) is 0. The second-order valence-corrected chi connectivity index (χ2v) is 6.78. The molecule has 30 heavy (non-hydrogen) atoms. The van der Waals surface area contributed by atoms with Gasteiger partial charge < -0.3 is 9.32 Å². The monoisotopic (exact) mass is 417 g/mol. The van der Waals surface area contributed by atoms with Crippen LogP contribution in [0.25, 0.3) is 11.0 Å². The number of fused-ring (bicyclic) bond motifs is 1. The fourth-order valence-corrected chi connectivity index (χ4v) is 3.08. The fraction of sp³-hybridized carbons (Fsp3) is 0.273. The summed E-state index contributed by atoms with van der Waals surface area (Å²) >= 11 is 0. The third kappa shape index (κ3) is 4.64. The lowest BCUT2D eigenvalue weighted by molar-refractivity contribution is -0.0582. The predicted molar refractivity (Wildman–Crippen MR) is 113 cm³/mol. The molecule has 1 N–H and O–H groups in total. The van der Waals surface area contributed by atoms with Gasteiger partial charge in [0.2, 0.25) is 0 Å². The Kier molecular flexibility index (Phi) is 6.14. The van der Waals surface area contributed by atoms with Crippen molar-refractivity contribution in [1.82, 2.24) is 0 Å². The maximum atomic E-state index is 13.7. The van der Waals surface area contributed by atoms with E-state index < -0.39 is 23.1 Å². The number of halogens is 3. The van der Waals surface area contributed by atoms with Gasteiger partial charge in [-0.15, -0.1) is 0 Å². The molecular formula is C22H22F3N3O2. The van der Waals surface area contributed by atoms with Crippen LogP contribution in [0.15, 0.2) is 62.8 Å². The Bertz CT molecular complexity index is 1120. The molecule has 3 rings (SSSR count). The van der Waals surface area contributed by atoms with Crippen LogP contribution in [0.5, 0.6) is 0 Å². The molecule has 0 fully saturated rings. The van der Waals surface area contributed by atoms with Crippen molar-refractivity contribution < 1.29 is 17.6 Å². The van der Waals surface area contributed by atoms with Gasteiger partial charge in [-0.1, -0.05) is 17.7 Å². The molecule has 0 atom stereocenters. The number of alkyl halides is 3. The van der Waals surface area contributed by atoms with Crippen LogP contribution in [-0.4, -0.2) is 25.0 Å². The molecule has 0 amide bonds. The number of hydrogen-bond acceptors (Lipinski definition) is 5. The van der Waals surface area contributed by atoms with Crippen LogP contribution < -0.4 is 16.0 Å². The van der Waals surface area contributed by atoms with Crippen LogP contribution in [0.4, 0.5) is 24.5 Å². The number of hydrogen-bond donors (Lipinski definition) is 1. The topological polar surface area (TPSA) is 57.8 Å². The second kappa shape index (κ2) is 8.61. The molecule has 0 saturated heterocycles. The third-order valence-corrected chi connectivity index (χ3v) is 4.72. The molecule has 0 unspecified atom stereocenters. The van der Waals surface area contributed by atoms with Crippen molar-refractivity contribution in [2.45, 2.75) is 26.9 Å². The van der Waals surface area contributed by atoms with Crippen molar-refractivity contribution in [3.8, 4) is 0 Å². The van der Waals surface area contributed by atoms with Crippen LogP contribution in [-0.2, 0) is 0 Å². The summed E-state index contributed by atoms with van der Waals surface area (Å²) in [4.78, 5) is 14.5. The zero-order valence-corrected chi connectivity index (χ0v) is 16.9. The first-order valence-electron chi connectivity index (χ1n) is 9.53. The average molecular weight is 417 g/mol. The summed E-state index contributed by atoms with van der Waals surface area (Å²) in [6.45, 7) is 7.33. The smallest absolute Gasteiger partial charge is 0.422 e. The standard InChI is InChI=1S/C22H22F3N3O2/c1-4-28(5-2)17-11-8-15-12-18(21(29)30-19(15)13-17)20(22(23,24)25)27-26-16-9-6-14(3)7-10-16/h6-13,26H,4-5H2,1-3H3/b27-20-. The highest BCUT2D eigenvalue weighted by Crippen LogP contribution is 2.26. The minimum atomic E-state index is -4.85. The highest BCUT2D eigenvalue weighted by molar-refractivity contribution is 6.06. The highest BCUT2D eigenvalue weighted by Gasteiger charge is 2.39. The Morgan fingerprint density at radius 2 is 1.73 bits per heavy atom. The van der Waals surface area contributed by atoms with Crippen molar-refractivity contribution in [3.63, 3.8) is 0 Å². The molecular weight excluding hydrogens is 395 g/mol. The van der Waals surface area contributed by atoms with E-state index in [1.54, 1.807) is 42.5 Å². The van der Waals surface area contributed by atoms with Crippen LogP contribution in [0.2, 0.25) is 0 Å². The first-order chi connectivity index (χ1) is 14.2. The van der Waals surface area contributed by atoms with Crippen molar-refractivity contribution in [1.29, 1.82) is 0 Å². The van der Waals surface area contributed by atoms with E-state index in [0.717, 1.165) is 30.4 Å². The van der Waals surface area contributed by atoms with E-state index in [1.807, 2.05) is 25.7 Å². The lowest BCUT2D eigenvalue weighted by Gasteiger charge is -2.21. The van der Waals surface area contributed by atoms with Crippen LogP contribution in [0.1, 0.15) is 25.0 Å². The number of nitrogens with zero attached hydrogens (tertiary/aromatic N) is 2. The van der Waals surface area contributed by atoms with E-state index in [-0.39, 0.29) is 5.58 Å². The molecule has 3 aromatic rings. The fourth-order valence-electron chi connectivity index (χ4n) is 3.08. The van der Waals surface area contributed by atoms with E-state index >= 15 is 0 Å². The molecule has 158 valence electrons. The van der Waals surface area contributed by atoms with E-state index in [2.05, 4.69) is 10.5 Å². The molecule has 0 bridgehead atoms. The molecule has 5 nitrogen and oxygen atoms in total. The van der Waals surface area contributed by atoms with Gasteiger partial charge in [0.25, 0.3) is 0 Å². The lowest BCUT2D eigenvalue weighted by atomic mass is 10.1. The number of aryl methyl sites for hydroxylation is 1. The summed E-state index contributed by atoms with van der Waals surface area (Å²) in [5.41, 5.74) is 1.67. The van der Waals surface area contributed by atoms with Gasteiger partial charge in [0.1, 0.15) is 5.58 Å². The molecule has 1 aromatic heterocycles. The maximum absolute atomic E-state index is 13.7. The summed E-state index contributed by atoms with van der Waals surface area (Å²) in [7, 11) is 0. The molecule has 0 saturated carbocycles. The zero-order valence-electron chi connectivity index (χ0n) is 16.9. The SMILES string of the molecule is CCN(CC)c1ccc2cc(/C(=N/Nc3ccc(C)cc3)C(F)(F)F)c(=O)oc2c1. The minimum absolute atomic E-state index is 0.223. The van der Waals surface area contributed by atoms with Crippen molar-refractivity contribution >= 4 is 28.1 Å². The summed E-state index contributed by atoms with van der Waals surface area (Å²) < 4.78 is 46.2. The summed E-state index contributed by atoms with van der Waals surface area (Å²) in [6, 6.07) is 12.9. The Morgan fingerprint density at radius 1 is 1.07 bits per heavy atom. The van der Waals surface area contributed by atoms with E-state index in [1.165, 1.54) is 0 Å². The Hall–Kier alpha value is -3.29. The average Bonchev–Trinajstić information content (AvgIpc) is 2.70. The second-order valence-electron chi connectivity index (χ2n) is 6.78. The Morgan fingerprint density at radius 3 is 2.33 bits per heavy atom. The van der Waals surface area contributed by atoms with Crippen molar-refractivity contribution in [3.05, 3.63) is 70.1 Å². The van der Waals surface area contributed by atoms with Gasteiger partial charge >= 0.3 is 11.8 Å². The van der Waals surface area contributed by atoms with Crippen LogP contribution in [0, 0.1) is 6.92 Å². The number of nitrogens with one attached hydrogen (secondary N) is 1. The van der Waals surface area contributed by atoms with Gasteiger partial charge in [-0.2, -0.15) is 18.3 Å². The third-order valence-electron chi connectivity index (χ3n) is 4.72. The lowest BCUT2D eigenvalue weighted by Crippen LogP contribution is -2.30. The number of hydrazone groups is 1. The van der Waals surface area contributed by atoms with E-state index in [4.69, 9.17) is 4.42 Å². The number of benzene rings is 2. The molecule has 0 aliphatic rings. The van der Waals surface area contributed by atoms with Gasteiger partial charge in [-0.05, 0) is 51.1 Å². The quantitative estimate of drug-likeness (QED) is 0.335. The van der Waals surface area contributed by atoms with Crippen molar-refractivity contribution in [2.75, 3.05) is 23.4 Å². The zero-order chi connectivity index (χ0) is 21.9. The predicted octanol–water partition coefficient (Wildman–Crippen LogP) is 5.33. The largest absolute Gasteiger partial charge is 0.435 e. The Labute approximate surface area is 171 Å². The van der Waals surface area contributed by atoms with E-state index in [0.29, 0.717) is 11.1 Å². The molecule has 0 radical (unpaired) electrons.